The van der Waals surface area contributed by atoms with Crippen LogP contribution >= 0.6 is 0 Å². The van der Waals surface area contributed by atoms with Crippen molar-refractivity contribution in [2.24, 2.45) is 0 Å². The molecule has 4 aromatic rings. The standard InChI is InChI=1S/C21H18FN3O3S/c1-21(2,26)20-17(22)14(8-9-23-20)18-19-15(24-11-25-18)10-16(28-19)12-4-6-13(7-5-12)29(3)27/h4-11,26H,1-3H3. The van der Waals surface area contributed by atoms with Crippen molar-refractivity contribution in [3.05, 3.63) is 60.4 Å². The molecule has 0 aliphatic heterocycles. The van der Waals surface area contributed by atoms with Crippen molar-refractivity contribution in [2.45, 2.75) is 24.3 Å². The quantitative estimate of drug-likeness (QED) is 0.545. The summed E-state index contributed by atoms with van der Waals surface area (Å²) in [4.78, 5) is 13.1. The average molecular weight is 411 g/mol. The second kappa shape index (κ2) is 7.13. The number of nitrogens with zero attached hydrogens (tertiary/aromatic N) is 3. The topological polar surface area (TPSA) is 89.1 Å². The predicted molar refractivity (Wildman–Crippen MR) is 108 cm³/mol. The molecule has 3 heterocycles. The van der Waals surface area contributed by atoms with E-state index in [1.54, 1.807) is 36.6 Å². The number of hydrogen-bond acceptors (Lipinski definition) is 6. The van der Waals surface area contributed by atoms with E-state index < -0.39 is 22.2 Å². The second-order valence-corrected chi connectivity index (χ2v) is 8.49. The number of furan rings is 1. The Labute approximate surface area is 168 Å². The number of halogens is 1. The van der Waals surface area contributed by atoms with Gasteiger partial charge < -0.3 is 9.52 Å². The van der Waals surface area contributed by atoms with Crippen LogP contribution in [-0.4, -0.2) is 30.5 Å². The van der Waals surface area contributed by atoms with Gasteiger partial charge in [0.15, 0.2) is 11.4 Å². The van der Waals surface area contributed by atoms with Crippen molar-refractivity contribution in [1.29, 1.82) is 0 Å². The van der Waals surface area contributed by atoms with Crippen molar-refractivity contribution >= 4 is 21.9 Å². The molecule has 8 heteroatoms. The summed E-state index contributed by atoms with van der Waals surface area (Å²) in [5.74, 6) is -0.125. The highest BCUT2D eigenvalue weighted by Gasteiger charge is 2.26. The van der Waals surface area contributed by atoms with Gasteiger partial charge in [-0.1, -0.05) is 12.1 Å². The Kier molecular flexibility index (Phi) is 4.76. The van der Waals surface area contributed by atoms with E-state index in [1.165, 1.54) is 32.4 Å². The summed E-state index contributed by atoms with van der Waals surface area (Å²) in [6.45, 7) is 2.94. The zero-order valence-electron chi connectivity index (χ0n) is 16.0. The summed E-state index contributed by atoms with van der Waals surface area (Å²) in [5.41, 5.74) is 0.556. The van der Waals surface area contributed by atoms with Crippen LogP contribution < -0.4 is 0 Å². The molecule has 29 heavy (non-hydrogen) atoms. The van der Waals surface area contributed by atoms with E-state index in [0.29, 0.717) is 21.8 Å². The smallest absolute Gasteiger partial charge is 0.179 e. The fourth-order valence-electron chi connectivity index (χ4n) is 3.05. The van der Waals surface area contributed by atoms with Crippen LogP contribution in [-0.2, 0) is 16.4 Å². The summed E-state index contributed by atoms with van der Waals surface area (Å²) < 4.78 is 32.6. The third-order valence-electron chi connectivity index (χ3n) is 4.51. The highest BCUT2D eigenvalue weighted by molar-refractivity contribution is 7.84. The van der Waals surface area contributed by atoms with Crippen LogP contribution in [0.25, 0.3) is 33.7 Å². The molecular weight excluding hydrogens is 393 g/mol. The fraction of sp³-hybridized carbons (Fsp3) is 0.190. The lowest BCUT2D eigenvalue weighted by atomic mass is 10.0. The molecule has 0 bridgehead atoms. The zero-order chi connectivity index (χ0) is 20.8. The van der Waals surface area contributed by atoms with Crippen molar-refractivity contribution in [3.8, 4) is 22.6 Å². The van der Waals surface area contributed by atoms with Gasteiger partial charge in [-0.05, 0) is 32.0 Å². The summed E-state index contributed by atoms with van der Waals surface area (Å²) in [6.07, 6.45) is 4.38. The normalized spacial score (nSPS) is 13.0. The van der Waals surface area contributed by atoms with E-state index in [-0.39, 0.29) is 17.0 Å². The molecule has 0 aliphatic carbocycles. The van der Waals surface area contributed by atoms with E-state index in [1.807, 2.05) is 0 Å². The van der Waals surface area contributed by atoms with Gasteiger partial charge in [-0.25, -0.2) is 14.4 Å². The number of benzene rings is 1. The first-order chi connectivity index (χ1) is 13.8. The summed E-state index contributed by atoms with van der Waals surface area (Å²) in [6, 6.07) is 10.4. The molecule has 0 spiro atoms. The van der Waals surface area contributed by atoms with Gasteiger partial charge in [-0.2, -0.15) is 0 Å². The molecule has 148 valence electrons. The second-order valence-electron chi connectivity index (χ2n) is 7.11. The number of aliphatic hydroxyl groups is 1. The van der Waals surface area contributed by atoms with Gasteiger partial charge >= 0.3 is 0 Å². The Bertz CT molecular complexity index is 1230. The van der Waals surface area contributed by atoms with E-state index in [9.17, 15) is 9.32 Å². The zero-order valence-corrected chi connectivity index (χ0v) is 16.8. The molecule has 1 atom stereocenters. The van der Waals surface area contributed by atoms with Crippen molar-refractivity contribution in [2.75, 3.05) is 6.26 Å². The Balaban J connectivity index is 1.85. The van der Waals surface area contributed by atoms with Crippen LogP contribution in [0.1, 0.15) is 19.5 Å². The minimum atomic E-state index is -1.44. The first-order valence-electron chi connectivity index (χ1n) is 8.82. The molecule has 0 saturated heterocycles. The maximum atomic E-state index is 15.1. The van der Waals surface area contributed by atoms with Crippen LogP contribution in [0.2, 0.25) is 0 Å². The lowest BCUT2D eigenvalue weighted by Crippen LogP contribution is -2.20. The summed E-state index contributed by atoms with van der Waals surface area (Å²) >= 11 is 0. The van der Waals surface area contributed by atoms with E-state index in [4.69, 9.17) is 4.42 Å². The van der Waals surface area contributed by atoms with Crippen LogP contribution in [0.15, 0.2) is 58.2 Å². The van der Waals surface area contributed by atoms with E-state index in [0.717, 1.165) is 5.56 Å². The Hall–Kier alpha value is -2.97. The molecule has 0 saturated carbocycles. The van der Waals surface area contributed by atoms with E-state index in [2.05, 4.69) is 15.0 Å². The molecule has 0 radical (unpaired) electrons. The lowest BCUT2D eigenvalue weighted by molar-refractivity contribution is 0.0696. The monoisotopic (exact) mass is 411 g/mol. The molecule has 1 aromatic carbocycles. The molecule has 4 rings (SSSR count). The number of pyridine rings is 1. The van der Waals surface area contributed by atoms with Crippen LogP contribution in [0.5, 0.6) is 0 Å². The van der Waals surface area contributed by atoms with Crippen molar-refractivity contribution < 1.29 is 18.1 Å². The van der Waals surface area contributed by atoms with Gasteiger partial charge in [0.2, 0.25) is 0 Å². The maximum absolute atomic E-state index is 15.1. The Morgan fingerprint density at radius 2 is 1.83 bits per heavy atom. The summed E-state index contributed by atoms with van der Waals surface area (Å²) in [7, 11) is -1.07. The van der Waals surface area contributed by atoms with Gasteiger partial charge in [0.1, 0.15) is 34.6 Å². The van der Waals surface area contributed by atoms with Gasteiger partial charge in [-0.3, -0.25) is 9.19 Å². The highest BCUT2D eigenvalue weighted by Crippen LogP contribution is 2.35. The fourth-order valence-corrected chi connectivity index (χ4v) is 3.57. The molecule has 6 nitrogen and oxygen atoms in total. The number of rotatable bonds is 4. The third-order valence-corrected chi connectivity index (χ3v) is 5.44. The number of fused-ring (bicyclic) bond motifs is 1. The first-order valence-corrected chi connectivity index (χ1v) is 10.4. The van der Waals surface area contributed by atoms with Crippen LogP contribution in [0.4, 0.5) is 4.39 Å². The van der Waals surface area contributed by atoms with Gasteiger partial charge in [0.05, 0.1) is 0 Å². The van der Waals surface area contributed by atoms with Gasteiger partial charge in [-0.15, -0.1) is 0 Å². The van der Waals surface area contributed by atoms with Crippen LogP contribution in [0, 0.1) is 5.82 Å². The molecule has 1 N–H and O–H groups in total. The molecule has 1 unspecified atom stereocenters. The number of aromatic nitrogens is 3. The lowest BCUT2D eigenvalue weighted by Gasteiger charge is -2.18. The minimum absolute atomic E-state index is 0.0725. The Morgan fingerprint density at radius 3 is 2.48 bits per heavy atom. The predicted octanol–water partition coefficient (Wildman–Crippen LogP) is 4.06. The third kappa shape index (κ3) is 3.56. The summed E-state index contributed by atoms with van der Waals surface area (Å²) in [5, 5.41) is 10.2. The average Bonchev–Trinajstić information content (AvgIpc) is 3.12. The van der Waals surface area contributed by atoms with E-state index >= 15 is 4.39 Å². The first kappa shape index (κ1) is 19.4. The molecular formula is C21H18FN3O3S. The SMILES string of the molecule is CS(=O)c1ccc(-c2cc3ncnc(-c4ccnc(C(C)(C)O)c4F)c3o2)cc1. The molecule has 3 aromatic heterocycles. The van der Waals surface area contributed by atoms with Crippen LogP contribution in [0.3, 0.4) is 0 Å². The van der Waals surface area contributed by atoms with Crippen molar-refractivity contribution in [1.82, 2.24) is 15.0 Å². The van der Waals surface area contributed by atoms with Gasteiger partial charge in [0, 0.05) is 45.3 Å². The largest absolute Gasteiger partial charge is 0.452 e. The van der Waals surface area contributed by atoms with Gasteiger partial charge in [0.25, 0.3) is 0 Å². The number of hydrogen-bond donors (Lipinski definition) is 1. The maximum Gasteiger partial charge on any atom is 0.179 e. The highest BCUT2D eigenvalue weighted by atomic mass is 32.2. The Morgan fingerprint density at radius 1 is 1.10 bits per heavy atom. The molecule has 0 amide bonds. The van der Waals surface area contributed by atoms with Crippen molar-refractivity contribution in [3.63, 3.8) is 0 Å². The minimum Gasteiger partial charge on any atom is -0.452 e. The molecule has 0 aliphatic rings. The molecule has 0 fully saturated rings.